The molecule has 2 aromatic heterocycles. The van der Waals surface area contributed by atoms with Crippen LogP contribution < -0.4 is 10.2 Å². The molecule has 6 heteroatoms. The smallest absolute Gasteiger partial charge is 0.204 e. The summed E-state index contributed by atoms with van der Waals surface area (Å²) < 4.78 is 12.2. The van der Waals surface area contributed by atoms with Crippen LogP contribution in [0.3, 0.4) is 0 Å². The van der Waals surface area contributed by atoms with Crippen LogP contribution in [0, 0.1) is 0 Å². The predicted octanol–water partition coefficient (Wildman–Crippen LogP) is 5.73. The zero-order valence-electron chi connectivity index (χ0n) is 18.4. The average Bonchev–Trinajstić information content (AvgIpc) is 3.20. The average molecular weight is 428 g/mol. The van der Waals surface area contributed by atoms with Gasteiger partial charge in [-0.15, -0.1) is 0 Å². The Morgan fingerprint density at radius 2 is 2.09 bits per heavy atom. The maximum absolute atomic E-state index is 13.6. The molecule has 2 aromatic carbocycles. The molecule has 0 unspecified atom stereocenters. The monoisotopic (exact) mass is 428 g/mol. The summed E-state index contributed by atoms with van der Waals surface area (Å²) in [6.07, 6.45) is 9.35. The van der Waals surface area contributed by atoms with Gasteiger partial charge in [0.25, 0.3) is 0 Å². The van der Waals surface area contributed by atoms with E-state index >= 15 is 0 Å². The minimum atomic E-state index is -0.535. The number of aromatic hydroxyl groups is 1. The minimum absolute atomic E-state index is 0.0967. The topological polar surface area (TPSA) is 88.4 Å². The number of aromatic amines is 1. The molecule has 1 aliphatic heterocycles. The first kappa shape index (κ1) is 20.1. The van der Waals surface area contributed by atoms with Gasteiger partial charge >= 0.3 is 0 Å². The SMILES string of the molecule is CC(C)=CCc1c2c(c3occ(-c4ccc5nc[nH]c5c4)c(=O)c3c1O)C=CC(C)(C)O2. The van der Waals surface area contributed by atoms with Gasteiger partial charge in [-0.3, -0.25) is 4.79 Å². The summed E-state index contributed by atoms with van der Waals surface area (Å²) >= 11 is 0. The largest absolute Gasteiger partial charge is 0.507 e. The zero-order valence-corrected chi connectivity index (χ0v) is 18.4. The van der Waals surface area contributed by atoms with Crippen molar-refractivity contribution >= 4 is 28.1 Å². The van der Waals surface area contributed by atoms with Crippen molar-refractivity contribution in [3.63, 3.8) is 0 Å². The third-order valence-electron chi connectivity index (χ3n) is 5.74. The van der Waals surface area contributed by atoms with Crippen molar-refractivity contribution in [3.05, 3.63) is 69.9 Å². The summed E-state index contributed by atoms with van der Waals surface area (Å²) in [6, 6.07) is 5.52. The number of hydrogen-bond acceptors (Lipinski definition) is 5. The lowest BCUT2D eigenvalue weighted by molar-refractivity contribution is 0.157. The van der Waals surface area contributed by atoms with Gasteiger partial charge in [0.15, 0.2) is 5.58 Å². The maximum atomic E-state index is 13.6. The highest BCUT2D eigenvalue weighted by Crippen LogP contribution is 2.44. The van der Waals surface area contributed by atoms with Crippen LogP contribution >= 0.6 is 0 Å². The molecule has 0 aliphatic carbocycles. The van der Waals surface area contributed by atoms with E-state index < -0.39 is 5.60 Å². The van der Waals surface area contributed by atoms with Crippen molar-refractivity contribution in [1.29, 1.82) is 0 Å². The van der Waals surface area contributed by atoms with Crippen LogP contribution in [0.1, 0.15) is 38.8 Å². The Bertz CT molecular complexity index is 1500. The second-order valence-corrected chi connectivity index (χ2v) is 8.91. The zero-order chi connectivity index (χ0) is 22.6. The fourth-order valence-electron chi connectivity index (χ4n) is 4.05. The molecule has 0 atom stereocenters. The lowest BCUT2D eigenvalue weighted by Crippen LogP contribution is -2.28. The van der Waals surface area contributed by atoms with Crippen LogP contribution in [-0.2, 0) is 6.42 Å². The summed E-state index contributed by atoms with van der Waals surface area (Å²) in [4.78, 5) is 20.9. The third-order valence-corrected chi connectivity index (χ3v) is 5.74. The molecular weight excluding hydrogens is 404 g/mol. The van der Waals surface area contributed by atoms with Gasteiger partial charge < -0.3 is 19.2 Å². The first-order chi connectivity index (χ1) is 15.2. The molecule has 1 aliphatic rings. The van der Waals surface area contributed by atoms with Crippen LogP contribution in [0.2, 0.25) is 0 Å². The lowest BCUT2D eigenvalue weighted by Gasteiger charge is -2.30. The summed E-state index contributed by atoms with van der Waals surface area (Å²) in [5.74, 6) is 0.454. The molecular formula is C26H24N2O4. The van der Waals surface area contributed by atoms with E-state index in [1.165, 1.54) is 6.26 Å². The number of rotatable bonds is 3. The standard InChI is InChI=1S/C26H24N2O4/c1-14(2)5-7-16-22(29)21-23(30)18(15-6-8-19-20(11-15)28-13-27-19)12-31-25(21)17-9-10-26(3,4)32-24(16)17/h5-6,8-13,29H,7H2,1-4H3,(H,27,28). The van der Waals surface area contributed by atoms with Gasteiger partial charge in [-0.25, -0.2) is 4.98 Å². The third kappa shape index (κ3) is 3.19. The van der Waals surface area contributed by atoms with Crippen LogP contribution in [0.15, 0.2) is 57.7 Å². The van der Waals surface area contributed by atoms with Gasteiger partial charge in [0.05, 0.1) is 28.5 Å². The molecule has 0 spiro atoms. The molecule has 0 bridgehead atoms. The summed E-state index contributed by atoms with van der Waals surface area (Å²) in [5, 5.41) is 11.4. The van der Waals surface area contributed by atoms with Crippen molar-refractivity contribution in [2.24, 2.45) is 0 Å². The highest BCUT2D eigenvalue weighted by molar-refractivity contribution is 5.97. The number of imidazole rings is 1. The van der Waals surface area contributed by atoms with Gasteiger partial charge in [0.1, 0.15) is 28.7 Å². The molecule has 162 valence electrons. The van der Waals surface area contributed by atoms with Crippen molar-refractivity contribution in [2.45, 2.75) is 39.7 Å². The molecule has 0 saturated carbocycles. The molecule has 0 saturated heterocycles. The Labute approximate surface area is 184 Å². The summed E-state index contributed by atoms with van der Waals surface area (Å²) in [6.45, 7) is 7.88. The molecule has 0 fully saturated rings. The highest BCUT2D eigenvalue weighted by atomic mass is 16.5. The number of phenols is 1. The number of benzene rings is 2. The molecule has 2 N–H and O–H groups in total. The summed E-state index contributed by atoms with van der Waals surface area (Å²) in [5.41, 5.74) is 4.55. The van der Waals surface area contributed by atoms with E-state index in [9.17, 15) is 9.90 Å². The predicted molar refractivity (Wildman–Crippen MR) is 126 cm³/mol. The van der Waals surface area contributed by atoms with Crippen molar-refractivity contribution in [3.8, 4) is 22.6 Å². The Morgan fingerprint density at radius 3 is 2.88 bits per heavy atom. The van der Waals surface area contributed by atoms with Gasteiger partial charge in [-0.1, -0.05) is 17.7 Å². The van der Waals surface area contributed by atoms with E-state index in [2.05, 4.69) is 9.97 Å². The second-order valence-electron chi connectivity index (χ2n) is 8.91. The van der Waals surface area contributed by atoms with Crippen molar-refractivity contribution in [1.82, 2.24) is 9.97 Å². The number of aromatic nitrogens is 2. The van der Waals surface area contributed by atoms with E-state index in [0.29, 0.717) is 40.0 Å². The van der Waals surface area contributed by atoms with Crippen LogP contribution in [0.25, 0.3) is 39.2 Å². The fourth-order valence-corrected chi connectivity index (χ4v) is 4.05. The number of H-pyrrole nitrogens is 1. The number of hydrogen-bond donors (Lipinski definition) is 2. The molecule has 5 rings (SSSR count). The van der Waals surface area contributed by atoms with Gasteiger partial charge in [0, 0.05) is 5.56 Å². The van der Waals surface area contributed by atoms with Crippen LogP contribution in [0.4, 0.5) is 0 Å². The number of allylic oxidation sites excluding steroid dienone is 2. The van der Waals surface area contributed by atoms with Crippen molar-refractivity contribution in [2.75, 3.05) is 0 Å². The first-order valence-corrected chi connectivity index (χ1v) is 10.5. The number of nitrogens with zero attached hydrogens (tertiary/aromatic N) is 1. The first-order valence-electron chi connectivity index (χ1n) is 10.5. The van der Waals surface area contributed by atoms with E-state index in [1.54, 1.807) is 6.33 Å². The quantitative estimate of drug-likeness (QED) is 0.407. The van der Waals surface area contributed by atoms with Crippen molar-refractivity contribution < 1.29 is 14.3 Å². The molecule has 4 aromatic rings. The van der Waals surface area contributed by atoms with Gasteiger partial charge in [-0.05, 0) is 64.0 Å². The van der Waals surface area contributed by atoms with E-state index in [-0.39, 0.29) is 16.6 Å². The summed E-state index contributed by atoms with van der Waals surface area (Å²) in [7, 11) is 0. The minimum Gasteiger partial charge on any atom is -0.507 e. The Hall–Kier alpha value is -3.80. The van der Waals surface area contributed by atoms with E-state index in [0.717, 1.165) is 16.6 Å². The highest BCUT2D eigenvalue weighted by Gasteiger charge is 2.30. The maximum Gasteiger partial charge on any atom is 0.204 e. The Morgan fingerprint density at radius 1 is 1.28 bits per heavy atom. The number of ether oxygens (including phenoxy) is 1. The molecule has 3 heterocycles. The molecule has 32 heavy (non-hydrogen) atoms. The molecule has 0 radical (unpaired) electrons. The Balaban J connectivity index is 1.80. The van der Waals surface area contributed by atoms with Crippen LogP contribution in [-0.4, -0.2) is 20.7 Å². The number of phenolic OH excluding ortho intramolecular Hbond substituents is 1. The lowest BCUT2D eigenvalue weighted by atomic mass is 9.93. The normalized spacial score (nSPS) is 14.4. The fraction of sp³-hybridized carbons (Fsp3) is 0.231. The van der Waals surface area contributed by atoms with Gasteiger partial charge in [0.2, 0.25) is 5.43 Å². The Kier molecular flexibility index (Phi) is 4.48. The molecule has 6 nitrogen and oxygen atoms in total. The van der Waals surface area contributed by atoms with Gasteiger partial charge in [-0.2, -0.15) is 0 Å². The van der Waals surface area contributed by atoms with E-state index in [4.69, 9.17) is 9.15 Å². The van der Waals surface area contributed by atoms with E-state index in [1.807, 2.05) is 64.1 Å². The number of nitrogens with one attached hydrogen (secondary N) is 1. The number of fused-ring (bicyclic) bond motifs is 4. The second kappa shape index (κ2) is 7.12. The van der Waals surface area contributed by atoms with Crippen LogP contribution in [0.5, 0.6) is 11.5 Å². The molecule has 0 amide bonds.